The van der Waals surface area contributed by atoms with Gasteiger partial charge in [-0.15, -0.1) is 0 Å². The van der Waals surface area contributed by atoms with Gasteiger partial charge in [-0.05, 0) is 17.2 Å². The summed E-state index contributed by atoms with van der Waals surface area (Å²) in [7, 11) is 0. The number of benzene rings is 1. The zero-order valence-corrected chi connectivity index (χ0v) is 8.45. The maximum atomic E-state index is 9.83. The Morgan fingerprint density at radius 1 is 1.31 bits per heavy atom. The Kier molecular flexibility index (Phi) is 2.01. The second kappa shape index (κ2) is 3.50. The van der Waals surface area contributed by atoms with Crippen LogP contribution in [0.3, 0.4) is 0 Å². The number of fused-ring (bicyclic) bond motifs is 1. The van der Waals surface area contributed by atoms with Gasteiger partial charge in [-0.1, -0.05) is 24.3 Å². The first-order valence-electron chi connectivity index (χ1n) is 5.00. The van der Waals surface area contributed by atoms with E-state index in [1.165, 1.54) is 6.26 Å². The van der Waals surface area contributed by atoms with Crippen molar-refractivity contribution in [2.75, 3.05) is 0 Å². The Morgan fingerprint density at radius 2 is 2.19 bits per heavy atom. The fourth-order valence-electron chi connectivity index (χ4n) is 1.91. The highest BCUT2D eigenvalue weighted by atomic mass is 16.5. The molecule has 2 heterocycles. The van der Waals surface area contributed by atoms with E-state index in [1.807, 2.05) is 30.3 Å². The Hall–Kier alpha value is -2.07. The summed E-state index contributed by atoms with van der Waals surface area (Å²) in [5.41, 5.74) is 2.05. The molecule has 0 spiro atoms. The maximum absolute atomic E-state index is 9.83. The van der Waals surface area contributed by atoms with E-state index in [2.05, 4.69) is 4.98 Å². The van der Waals surface area contributed by atoms with Gasteiger partial charge in [-0.3, -0.25) is 5.21 Å². The summed E-state index contributed by atoms with van der Waals surface area (Å²) < 4.78 is 5.25. The van der Waals surface area contributed by atoms with Gasteiger partial charge in [0.2, 0.25) is 5.89 Å². The van der Waals surface area contributed by atoms with E-state index < -0.39 is 0 Å². The smallest absolute Gasteiger partial charge is 0.223 e. The number of hydrogen-bond donors (Lipinski definition) is 1. The van der Waals surface area contributed by atoms with E-state index in [-0.39, 0.29) is 6.04 Å². The van der Waals surface area contributed by atoms with Crippen LogP contribution in [0.4, 0.5) is 0 Å². The van der Waals surface area contributed by atoms with Crippen molar-refractivity contribution in [3.8, 4) is 0 Å². The van der Waals surface area contributed by atoms with Gasteiger partial charge >= 0.3 is 0 Å². The van der Waals surface area contributed by atoms with Gasteiger partial charge in [0.05, 0.1) is 6.20 Å². The Labute approximate surface area is 92.4 Å². The van der Waals surface area contributed by atoms with Gasteiger partial charge < -0.3 is 4.42 Å². The topological polar surface area (TPSA) is 49.5 Å². The van der Waals surface area contributed by atoms with Gasteiger partial charge in [-0.2, -0.15) is 0 Å². The fraction of sp³-hybridized carbons (Fsp3) is 0.0833. The van der Waals surface area contributed by atoms with Crippen LogP contribution in [-0.4, -0.2) is 15.3 Å². The lowest BCUT2D eigenvalue weighted by molar-refractivity contribution is -0.0751. The molecule has 1 aliphatic heterocycles. The third-order valence-corrected chi connectivity index (χ3v) is 2.65. The van der Waals surface area contributed by atoms with Gasteiger partial charge in [0.1, 0.15) is 6.26 Å². The minimum absolute atomic E-state index is 0.365. The first kappa shape index (κ1) is 9.18. The predicted octanol–water partition coefficient (Wildman–Crippen LogP) is 2.44. The molecule has 1 atom stereocenters. The van der Waals surface area contributed by atoms with Gasteiger partial charge in [-0.25, -0.2) is 10.0 Å². The third kappa shape index (κ3) is 1.31. The molecule has 1 aromatic heterocycles. The molecular weight excluding hydrogens is 204 g/mol. The standard InChI is InChI=1S/C12H10N2O2/c15-14-7-5-9-3-1-2-4-10(9)11(14)12-13-6-8-16-12/h1-8,11,15H. The van der Waals surface area contributed by atoms with Crippen LogP contribution in [0.25, 0.3) is 6.08 Å². The SMILES string of the molecule is ON1C=Cc2ccccc2C1c1ncco1. The van der Waals surface area contributed by atoms with Crippen molar-refractivity contribution in [2.45, 2.75) is 6.04 Å². The normalized spacial score (nSPS) is 18.6. The molecule has 4 heteroatoms. The summed E-state index contributed by atoms with van der Waals surface area (Å²) in [5.74, 6) is 0.485. The highest BCUT2D eigenvalue weighted by Crippen LogP contribution is 2.33. The van der Waals surface area contributed by atoms with Crippen molar-refractivity contribution in [2.24, 2.45) is 0 Å². The Morgan fingerprint density at radius 3 is 3.00 bits per heavy atom. The van der Waals surface area contributed by atoms with Crippen LogP contribution in [0.2, 0.25) is 0 Å². The van der Waals surface area contributed by atoms with Crippen molar-refractivity contribution in [1.29, 1.82) is 0 Å². The summed E-state index contributed by atoms with van der Waals surface area (Å²) in [5, 5.41) is 10.9. The molecule has 0 aliphatic carbocycles. The second-order valence-electron chi connectivity index (χ2n) is 3.60. The molecule has 0 radical (unpaired) electrons. The number of nitrogens with zero attached hydrogens (tertiary/aromatic N) is 2. The van der Waals surface area contributed by atoms with Crippen molar-refractivity contribution in [3.05, 3.63) is 59.9 Å². The fourth-order valence-corrected chi connectivity index (χ4v) is 1.91. The number of aromatic nitrogens is 1. The van der Waals surface area contributed by atoms with Gasteiger partial charge in [0.15, 0.2) is 6.04 Å². The summed E-state index contributed by atoms with van der Waals surface area (Å²) in [4.78, 5) is 4.09. The van der Waals surface area contributed by atoms with Crippen LogP contribution in [0.15, 0.2) is 47.3 Å². The predicted molar refractivity (Wildman–Crippen MR) is 57.4 cm³/mol. The number of hydroxylamine groups is 2. The van der Waals surface area contributed by atoms with E-state index in [4.69, 9.17) is 4.42 Å². The summed E-state index contributed by atoms with van der Waals surface area (Å²) >= 11 is 0. The van der Waals surface area contributed by atoms with Crippen LogP contribution in [0.5, 0.6) is 0 Å². The molecule has 80 valence electrons. The lowest BCUT2D eigenvalue weighted by Crippen LogP contribution is -2.24. The van der Waals surface area contributed by atoms with Crippen LogP contribution in [0.1, 0.15) is 23.1 Å². The molecule has 0 bridgehead atoms. The molecule has 1 N–H and O–H groups in total. The minimum atomic E-state index is -0.365. The molecule has 0 saturated heterocycles. The zero-order valence-electron chi connectivity index (χ0n) is 8.45. The minimum Gasteiger partial charge on any atom is -0.446 e. The summed E-state index contributed by atoms with van der Waals surface area (Å²) in [6.45, 7) is 0. The quantitative estimate of drug-likeness (QED) is 0.792. The molecule has 16 heavy (non-hydrogen) atoms. The Bertz CT molecular complexity index is 520. The molecule has 4 nitrogen and oxygen atoms in total. The van der Waals surface area contributed by atoms with Gasteiger partial charge in [0, 0.05) is 6.20 Å². The molecule has 2 aromatic rings. The second-order valence-corrected chi connectivity index (χ2v) is 3.60. The molecule has 1 aliphatic rings. The average Bonchev–Trinajstić information content (AvgIpc) is 2.82. The van der Waals surface area contributed by atoms with Crippen LogP contribution in [0, 0.1) is 0 Å². The lowest BCUT2D eigenvalue weighted by Gasteiger charge is -2.27. The van der Waals surface area contributed by atoms with Crippen LogP contribution < -0.4 is 0 Å². The lowest BCUT2D eigenvalue weighted by atomic mass is 9.97. The van der Waals surface area contributed by atoms with E-state index in [1.54, 1.807) is 12.4 Å². The highest BCUT2D eigenvalue weighted by Gasteiger charge is 2.27. The maximum Gasteiger partial charge on any atom is 0.223 e. The van der Waals surface area contributed by atoms with Crippen molar-refractivity contribution in [3.63, 3.8) is 0 Å². The molecule has 0 fully saturated rings. The van der Waals surface area contributed by atoms with Crippen molar-refractivity contribution in [1.82, 2.24) is 10.0 Å². The van der Waals surface area contributed by atoms with Crippen molar-refractivity contribution >= 4 is 6.08 Å². The first-order valence-corrected chi connectivity index (χ1v) is 5.00. The van der Waals surface area contributed by atoms with E-state index in [0.717, 1.165) is 16.2 Å². The van der Waals surface area contributed by atoms with E-state index in [0.29, 0.717) is 5.89 Å². The molecule has 1 aromatic carbocycles. The molecule has 3 rings (SSSR count). The average molecular weight is 214 g/mol. The largest absolute Gasteiger partial charge is 0.446 e. The zero-order chi connectivity index (χ0) is 11.0. The third-order valence-electron chi connectivity index (χ3n) is 2.65. The van der Waals surface area contributed by atoms with Crippen LogP contribution >= 0.6 is 0 Å². The highest BCUT2D eigenvalue weighted by molar-refractivity contribution is 5.57. The number of rotatable bonds is 1. The molecule has 0 amide bonds. The van der Waals surface area contributed by atoms with E-state index >= 15 is 0 Å². The van der Waals surface area contributed by atoms with Gasteiger partial charge in [0.25, 0.3) is 0 Å². The number of hydrogen-bond acceptors (Lipinski definition) is 4. The van der Waals surface area contributed by atoms with Crippen molar-refractivity contribution < 1.29 is 9.62 Å². The van der Waals surface area contributed by atoms with E-state index in [9.17, 15) is 5.21 Å². The molecular formula is C12H10N2O2. The monoisotopic (exact) mass is 214 g/mol. The summed E-state index contributed by atoms with van der Waals surface area (Å²) in [6, 6.07) is 7.48. The number of oxazole rings is 1. The summed E-state index contributed by atoms with van der Waals surface area (Å²) in [6.07, 6.45) is 6.54. The first-order chi connectivity index (χ1) is 7.86. The van der Waals surface area contributed by atoms with Crippen LogP contribution in [-0.2, 0) is 0 Å². The molecule has 1 unspecified atom stereocenters. The molecule has 0 saturated carbocycles. The Balaban J connectivity index is 2.14.